The van der Waals surface area contributed by atoms with Crippen LogP contribution < -0.4 is 20.4 Å². The highest BCUT2D eigenvalue weighted by Crippen LogP contribution is 2.32. The average Bonchev–Trinajstić information content (AvgIpc) is 3.34. The number of anilines is 4. The van der Waals surface area contributed by atoms with Gasteiger partial charge in [0.25, 0.3) is 0 Å². The van der Waals surface area contributed by atoms with Gasteiger partial charge in [-0.25, -0.2) is 9.78 Å². The molecule has 9 heteroatoms. The third kappa shape index (κ3) is 4.06. The summed E-state index contributed by atoms with van der Waals surface area (Å²) in [5.74, 6) is 1.35. The van der Waals surface area contributed by atoms with Crippen LogP contribution in [0.3, 0.4) is 0 Å². The van der Waals surface area contributed by atoms with Crippen LogP contribution in [-0.4, -0.2) is 59.0 Å². The van der Waals surface area contributed by atoms with Gasteiger partial charge in [0.2, 0.25) is 11.9 Å². The van der Waals surface area contributed by atoms with Crippen LogP contribution in [0.2, 0.25) is 0 Å². The van der Waals surface area contributed by atoms with Crippen LogP contribution in [0.1, 0.15) is 38.2 Å². The minimum absolute atomic E-state index is 0.0664. The number of urea groups is 1. The lowest BCUT2D eigenvalue weighted by Crippen LogP contribution is -2.49. The van der Waals surface area contributed by atoms with E-state index in [-0.39, 0.29) is 18.0 Å². The zero-order valence-corrected chi connectivity index (χ0v) is 18.4. The topological polar surface area (TPSA) is 93.7 Å². The molecule has 0 spiro atoms. The summed E-state index contributed by atoms with van der Waals surface area (Å²) in [5, 5.41) is 6.22. The molecule has 3 aliphatic rings. The molecule has 168 valence electrons. The van der Waals surface area contributed by atoms with E-state index in [1.54, 1.807) is 13.1 Å². The van der Waals surface area contributed by atoms with Crippen molar-refractivity contribution in [2.45, 2.75) is 45.2 Å². The maximum Gasteiger partial charge on any atom is 0.323 e. The number of nitrogens with zero attached hydrogens (tertiary/aromatic N) is 5. The van der Waals surface area contributed by atoms with Gasteiger partial charge in [-0.05, 0) is 37.1 Å². The highest BCUT2D eigenvalue weighted by molar-refractivity contribution is 5.94. The molecule has 0 atom stereocenters. The van der Waals surface area contributed by atoms with E-state index in [4.69, 9.17) is 4.98 Å². The van der Waals surface area contributed by atoms with Crippen LogP contribution in [-0.2, 0) is 11.3 Å². The number of benzene rings is 1. The first-order chi connectivity index (χ1) is 15.6. The van der Waals surface area contributed by atoms with Crippen molar-refractivity contribution in [1.82, 2.24) is 20.2 Å². The second-order valence-corrected chi connectivity index (χ2v) is 8.67. The maximum atomic E-state index is 12.6. The van der Waals surface area contributed by atoms with Crippen molar-refractivity contribution in [1.29, 1.82) is 0 Å². The van der Waals surface area contributed by atoms with Crippen LogP contribution >= 0.6 is 0 Å². The van der Waals surface area contributed by atoms with Crippen LogP contribution in [0, 0.1) is 0 Å². The number of piperazine rings is 1. The van der Waals surface area contributed by atoms with Crippen molar-refractivity contribution < 1.29 is 9.59 Å². The lowest BCUT2D eigenvalue weighted by molar-refractivity contribution is -0.129. The summed E-state index contributed by atoms with van der Waals surface area (Å²) >= 11 is 0. The van der Waals surface area contributed by atoms with Gasteiger partial charge < -0.3 is 20.4 Å². The van der Waals surface area contributed by atoms with E-state index >= 15 is 0 Å². The fourth-order valence-electron chi connectivity index (χ4n) is 4.81. The largest absolute Gasteiger partial charge is 0.368 e. The van der Waals surface area contributed by atoms with E-state index < -0.39 is 0 Å². The fourth-order valence-corrected chi connectivity index (χ4v) is 4.81. The Balaban J connectivity index is 1.29. The zero-order valence-electron chi connectivity index (χ0n) is 18.4. The Kier molecular flexibility index (Phi) is 5.55. The minimum atomic E-state index is -0.0664. The number of carbonyl (C=O) groups excluding carboxylic acids is 2. The number of amides is 3. The Hall–Kier alpha value is -3.36. The zero-order chi connectivity index (χ0) is 22.1. The second kappa shape index (κ2) is 8.64. The molecule has 1 aliphatic carbocycles. The van der Waals surface area contributed by atoms with E-state index in [9.17, 15) is 9.59 Å². The summed E-state index contributed by atoms with van der Waals surface area (Å²) in [4.78, 5) is 39.3. The van der Waals surface area contributed by atoms with Crippen molar-refractivity contribution in [2.24, 2.45) is 0 Å². The molecule has 2 fully saturated rings. The van der Waals surface area contributed by atoms with Gasteiger partial charge in [0.1, 0.15) is 5.82 Å². The number of hydrogen-bond donors (Lipinski definition) is 2. The summed E-state index contributed by atoms with van der Waals surface area (Å²) in [6.07, 6.45) is 6.13. The number of hydrogen-bond acceptors (Lipinski definition) is 6. The molecular weight excluding hydrogens is 406 g/mol. The molecule has 2 aliphatic heterocycles. The number of aromatic nitrogens is 2. The maximum absolute atomic E-state index is 12.6. The molecule has 9 nitrogen and oxygen atoms in total. The summed E-state index contributed by atoms with van der Waals surface area (Å²) in [6, 6.07) is 8.31. The first-order valence-corrected chi connectivity index (χ1v) is 11.4. The van der Waals surface area contributed by atoms with Crippen molar-refractivity contribution in [3.8, 4) is 0 Å². The molecule has 2 N–H and O–H groups in total. The first-order valence-electron chi connectivity index (χ1n) is 11.4. The summed E-state index contributed by atoms with van der Waals surface area (Å²) in [7, 11) is 0. The minimum Gasteiger partial charge on any atom is -0.368 e. The third-order valence-electron chi connectivity index (χ3n) is 6.62. The smallest absolute Gasteiger partial charge is 0.323 e. The molecular formula is C23H29N7O2. The molecule has 5 rings (SSSR count). The lowest BCUT2D eigenvalue weighted by Gasteiger charge is -2.35. The Morgan fingerprint density at radius 1 is 1.09 bits per heavy atom. The molecule has 0 bridgehead atoms. The molecule has 0 radical (unpaired) electrons. The molecule has 1 saturated carbocycles. The van der Waals surface area contributed by atoms with Gasteiger partial charge in [0.05, 0.1) is 0 Å². The molecule has 0 unspecified atom stereocenters. The highest BCUT2D eigenvalue weighted by Gasteiger charge is 2.33. The molecule has 1 aromatic carbocycles. The van der Waals surface area contributed by atoms with Gasteiger partial charge in [-0.2, -0.15) is 4.98 Å². The molecule has 1 aromatic heterocycles. The first kappa shape index (κ1) is 20.5. The molecule has 1 saturated heterocycles. The van der Waals surface area contributed by atoms with E-state index in [1.807, 2.05) is 21.9 Å². The van der Waals surface area contributed by atoms with Crippen molar-refractivity contribution in [2.75, 3.05) is 41.3 Å². The van der Waals surface area contributed by atoms with Gasteiger partial charge in [-0.15, -0.1) is 0 Å². The Morgan fingerprint density at radius 2 is 1.81 bits per heavy atom. The van der Waals surface area contributed by atoms with Crippen LogP contribution in [0.25, 0.3) is 0 Å². The van der Waals surface area contributed by atoms with E-state index in [0.29, 0.717) is 12.5 Å². The van der Waals surface area contributed by atoms with Crippen molar-refractivity contribution in [3.05, 3.63) is 36.0 Å². The summed E-state index contributed by atoms with van der Waals surface area (Å²) in [6.45, 7) is 5.26. The van der Waals surface area contributed by atoms with E-state index in [0.717, 1.165) is 74.6 Å². The van der Waals surface area contributed by atoms with Crippen molar-refractivity contribution >= 4 is 35.1 Å². The quantitative estimate of drug-likeness (QED) is 0.767. The van der Waals surface area contributed by atoms with Gasteiger partial charge in [-0.1, -0.05) is 12.8 Å². The fraction of sp³-hybridized carbons (Fsp3) is 0.478. The second-order valence-electron chi connectivity index (χ2n) is 8.67. The Bertz CT molecular complexity index is 996. The van der Waals surface area contributed by atoms with Gasteiger partial charge in [-0.3, -0.25) is 9.69 Å². The molecule has 3 heterocycles. The van der Waals surface area contributed by atoms with Crippen LogP contribution in [0.15, 0.2) is 30.5 Å². The van der Waals surface area contributed by atoms with E-state index in [2.05, 4.69) is 32.7 Å². The third-order valence-corrected chi connectivity index (χ3v) is 6.62. The van der Waals surface area contributed by atoms with Gasteiger partial charge in [0.15, 0.2) is 0 Å². The SMILES string of the molecule is CC(=O)N1CCN(c2ccc(Nc3ncc4c(n3)N(C3CCCC3)C(=O)NC4)cc2)CC1. The number of fused-ring (bicyclic) bond motifs is 1. The lowest BCUT2D eigenvalue weighted by atomic mass is 10.1. The predicted octanol–water partition coefficient (Wildman–Crippen LogP) is 2.86. The number of rotatable bonds is 4. The number of carbonyl (C=O) groups is 2. The molecule has 3 amide bonds. The predicted molar refractivity (Wildman–Crippen MR) is 123 cm³/mol. The van der Waals surface area contributed by atoms with E-state index in [1.165, 1.54) is 0 Å². The summed E-state index contributed by atoms with van der Waals surface area (Å²) < 4.78 is 0. The normalized spacial score (nSPS) is 19.0. The van der Waals surface area contributed by atoms with Crippen molar-refractivity contribution in [3.63, 3.8) is 0 Å². The van der Waals surface area contributed by atoms with Gasteiger partial charge in [0, 0.05) is 68.8 Å². The Morgan fingerprint density at radius 3 is 2.50 bits per heavy atom. The van der Waals surface area contributed by atoms with Crippen LogP contribution in [0.5, 0.6) is 0 Å². The Labute approximate surface area is 187 Å². The molecule has 2 aromatic rings. The highest BCUT2D eigenvalue weighted by atomic mass is 16.2. The van der Waals surface area contributed by atoms with Crippen LogP contribution in [0.4, 0.5) is 27.9 Å². The average molecular weight is 436 g/mol. The van der Waals surface area contributed by atoms with Gasteiger partial charge >= 0.3 is 6.03 Å². The standard InChI is InChI=1S/C23H29N7O2/c1-16(31)28-10-12-29(13-11-28)19-8-6-18(7-9-19)26-22-24-14-17-15-25-23(32)30(21(17)27-22)20-4-2-3-5-20/h6-9,14,20H,2-5,10-13,15H2,1H3,(H,25,32)(H,24,26,27). The summed E-state index contributed by atoms with van der Waals surface area (Å²) in [5.41, 5.74) is 2.97. The molecule has 32 heavy (non-hydrogen) atoms. The monoisotopic (exact) mass is 435 g/mol. The number of nitrogens with one attached hydrogen (secondary N) is 2.